The molecule has 0 unspecified atom stereocenters. The Kier molecular flexibility index (Phi) is 3.06. The number of nitrogens with zero attached hydrogens (tertiary/aromatic N) is 5. The molecule has 2 aliphatic rings. The van der Waals surface area contributed by atoms with Crippen molar-refractivity contribution in [2.75, 3.05) is 33.2 Å². The van der Waals surface area contributed by atoms with Gasteiger partial charge in [-0.25, -0.2) is 9.50 Å². The van der Waals surface area contributed by atoms with Gasteiger partial charge in [0, 0.05) is 62.6 Å². The fraction of sp³-hybridized carbons (Fsp3) is 0.286. The molecule has 0 saturated carbocycles. The van der Waals surface area contributed by atoms with Gasteiger partial charge in [-0.2, -0.15) is 5.10 Å². The van der Waals surface area contributed by atoms with Crippen LogP contribution in [0.5, 0.6) is 0 Å². The molecule has 4 aromatic rings. The van der Waals surface area contributed by atoms with Crippen LogP contribution in [-0.4, -0.2) is 68.5 Å². The number of nitrogens with one attached hydrogen (secondary N) is 1. The second kappa shape index (κ2) is 5.42. The largest absolute Gasteiger partial charge is 0.346 e. The van der Waals surface area contributed by atoms with Crippen molar-refractivity contribution in [1.82, 2.24) is 29.4 Å². The SMILES string of the molecule is CN1CC2(C1)CN(C(=O)c1cnn3ccc(-c4c[nH]c5ncccc45)cc13)C2.[HH]. The molecule has 28 heavy (non-hydrogen) atoms. The van der Waals surface area contributed by atoms with Gasteiger partial charge in [-0.15, -0.1) is 0 Å². The van der Waals surface area contributed by atoms with Crippen LogP contribution >= 0.6 is 0 Å². The first-order valence-corrected chi connectivity index (χ1v) is 9.50. The van der Waals surface area contributed by atoms with Crippen molar-refractivity contribution in [3.05, 3.63) is 54.6 Å². The third-order valence-electron chi connectivity index (χ3n) is 6.06. The average molecular weight is 374 g/mol. The number of carbonyl (C=O) groups is 1. The number of likely N-dealkylation sites (tertiary alicyclic amines) is 2. The van der Waals surface area contributed by atoms with Crippen LogP contribution in [0.2, 0.25) is 0 Å². The molecule has 2 aliphatic heterocycles. The molecule has 7 heteroatoms. The molecule has 1 spiro atoms. The molecule has 7 nitrogen and oxygen atoms in total. The number of aromatic nitrogens is 4. The Bertz CT molecular complexity index is 1230. The van der Waals surface area contributed by atoms with Gasteiger partial charge in [0.15, 0.2) is 0 Å². The smallest absolute Gasteiger partial charge is 0.257 e. The average Bonchev–Trinajstić information content (AvgIpc) is 3.26. The number of carbonyl (C=O) groups excluding carboxylic acids is 1. The van der Waals surface area contributed by atoms with Crippen LogP contribution in [0.25, 0.3) is 27.7 Å². The van der Waals surface area contributed by atoms with Gasteiger partial charge in [0.1, 0.15) is 5.65 Å². The molecule has 6 rings (SSSR count). The molecular formula is C21H22N6O. The van der Waals surface area contributed by atoms with Crippen molar-refractivity contribution in [3.8, 4) is 11.1 Å². The van der Waals surface area contributed by atoms with Crippen LogP contribution in [-0.2, 0) is 0 Å². The topological polar surface area (TPSA) is 69.5 Å². The fourth-order valence-electron chi connectivity index (χ4n) is 4.88. The number of H-pyrrole nitrogens is 1. The lowest BCUT2D eigenvalue weighted by molar-refractivity contribution is -0.0871. The number of rotatable bonds is 2. The zero-order valence-electron chi connectivity index (χ0n) is 15.6. The molecule has 1 amide bonds. The van der Waals surface area contributed by atoms with Crippen LogP contribution in [0.3, 0.4) is 0 Å². The van der Waals surface area contributed by atoms with Crippen molar-refractivity contribution < 1.29 is 6.22 Å². The van der Waals surface area contributed by atoms with Crippen LogP contribution in [0.15, 0.2) is 49.1 Å². The summed E-state index contributed by atoms with van der Waals surface area (Å²) in [6.07, 6.45) is 7.35. The molecule has 0 radical (unpaired) electrons. The Morgan fingerprint density at radius 1 is 1.25 bits per heavy atom. The minimum atomic E-state index is 0. The Morgan fingerprint density at radius 2 is 2.11 bits per heavy atom. The zero-order valence-corrected chi connectivity index (χ0v) is 15.6. The molecular weight excluding hydrogens is 352 g/mol. The second-order valence-electron chi connectivity index (χ2n) is 8.24. The summed E-state index contributed by atoms with van der Waals surface area (Å²) in [6.45, 7) is 3.87. The molecule has 142 valence electrons. The maximum absolute atomic E-state index is 13.1. The quantitative estimate of drug-likeness (QED) is 0.585. The highest BCUT2D eigenvalue weighted by molar-refractivity contribution is 6.02. The third-order valence-corrected chi connectivity index (χ3v) is 6.06. The van der Waals surface area contributed by atoms with E-state index in [1.807, 2.05) is 35.5 Å². The first-order valence-electron chi connectivity index (χ1n) is 9.50. The lowest BCUT2D eigenvalue weighted by Crippen LogP contribution is -2.71. The molecule has 0 aromatic carbocycles. The maximum atomic E-state index is 13.1. The van der Waals surface area contributed by atoms with Gasteiger partial charge >= 0.3 is 0 Å². The van der Waals surface area contributed by atoms with Gasteiger partial charge < -0.3 is 14.8 Å². The van der Waals surface area contributed by atoms with Gasteiger partial charge in [-0.05, 0) is 36.9 Å². The summed E-state index contributed by atoms with van der Waals surface area (Å²) in [7, 11) is 2.13. The molecule has 0 aliphatic carbocycles. The fourth-order valence-corrected chi connectivity index (χ4v) is 4.88. The molecule has 2 saturated heterocycles. The van der Waals surface area contributed by atoms with E-state index >= 15 is 0 Å². The Balaban J connectivity index is 0.00000181. The Hall–Kier alpha value is -3.19. The number of hydrogen-bond donors (Lipinski definition) is 1. The molecule has 4 aromatic heterocycles. The molecule has 2 fully saturated rings. The molecule has 0 atom stereocenters. The lowest BCUT2D eigenvalue weighted by atomic mass is 9.73. The lowest BCUT2D eigenvalue weighted by Gasteiger charge is -2.59. The number of amides is 1. The van der Waals surface area contributed by atoms with Crippen LogP contribution in [0.4, 0.5) is 0 Å². The molecule has 0 bridgehead atoms. The van der Waals surface area contributed by atoms with E-state index in [4.69, 9.17) is 0 Å². The number of hydrogen-bond acceptors (Lipinski definition) is 4. The summed E-state index contributed by atoms with van der Waals surface area (Å²) in [6, 6.07) is 8.05. The van der Waals surface area contributed by atoms with Crippen LogP contribution in [0, 0.1) is 5.41 Å². The minimum absolute atomic E-state index is 0. The highest BCUT2D eigenvalue weighted by Crippen LogP contribution is 2.39. The number of aromatic amines is 1. The van der Waals surface area contributed by atoms with Gasteiger partial charge in [0.2, 0.25) is 0 Å². The van der Waals surface area contributed by atoms with E-state index in [2.05, 4.69) is 33.1 Å². The van der Waals surface area contributed by atoms with E-state index in [-0.39, 0.29) is 7.33 Å². The van der Waals surface area contributed by atoms with Crippen molar-refractivity contribution in [2.24, 2.45) is 5.41 Å². The molecule has 1 N–H and O–H groups in total. The van der Waals surface area contributed by atoms with Crippen molar-refractivity contribution in [3.63, 3.8) is 0 Å². The highest BCUT2D eigenvalue weighted by Gasteiger charge is 2.52. The predicted molar refractivity (Wildman–Crippen MR) is 108 cm³/mol. The molecule has 6 heterocycles. The number of pyridine rings is 2. The van der Waals surface area contributed by atoms with Crippen molar-refractivity contribution in [2.45, 2.75) is 0 Å². The van der Waals surface area contributed by atoms with E-state index in [0.717, 1.165) is 53.9 Å². The van der Waals surface area contributed by atoms with Crippen molar-refractivity contribution >= 4 is 22.5 Å². The van der Waals surface area contributed by atoms with Crippen LogP contribution < -0.4 is 0 Å². The monoisotopic (exact) mass is 374 g/mol. The Morgan fingerprint density at radius 3 is 2.93 bits per heavy atom. The summed E-state index contributed by atoms with van der Waals surface area (Å²) in [5, 5.41) is 5.46. The van der Waals surface area contributed by atoms with E-state index < -0.39 is 0 Å². The van der Waals surface area contributed by atoms with Gasteiger partial charge in [-0.3, -0.25) is 4.79 Å². The second-order valence-corrected chi connectivity index (χ2v) is 8.24. The summed E-state index contributed by atoms with van der Waals surface area (Å²) < 4.78 is 1.77. The van der Waals surface area contributed by atoms with Gasteiger partial charge in [-0.1, -0.05) is 0 Å². The van der Waals surface area contributed by atoms with Gasteiger partial charge in [0.05, 0.1) is 17.3 Å². The minimum Gasteiger partial charge on any atom is -0.346 e. The normalized spacial score (nSPS) is 18.5. The van der Waals surface area contributed by atoms with Crippen LogP contribution in [0.1, 0.15) is 11.8 Å². The summed E-state index contributed by atoms with van der Waals surface area (Å²) in [5.74, 6) is 0.0768. The van der Waals surface area contributed by atoms with Gasteiger partial charge in [0.25, 0.3) is 5.91 Å². The van der Waals surface area contributed by atoms with Crippen molar-refractivity contribution in [1.29, 1.82) is 0 Å². The number of fused-ring (bicyclic) bond motifs is 2. The van der Waals surface area contributed by atoms with E-state index in [9.17, 15) is 4.79 Å². The third kappa shape index (κ3) is 2.16. The maximum Gasteiger partial charge on any atom is 0.257 e. The zero-order chi connectivity index (χ0) is 18.9. The standard InChI is InChI=1S/C21H20N6O.H2/c1-25-10-21(11-25)12-26(13-21)20(28)17-9-24-27-6-4-14(7-18(17)27)16-8-23-19-15(16)3-2-5-22-19;/h2-9H,10-13H2,1H3,(H,22,23);1H. The summed E-state index contributed by atoms with van der Waals surface area (Å²) in [4.78, 5) is 24.9. The predicted octanol–water partition coefficient (Wildman–Crippen LogP) is 2.51. The van der Waals surface area contributed by atoms with E-state index in [1.165, 1.54) is 0 Å². The Labute approximate surface area is 163 Å². The van der Waals surface area contributed by atoms with E-state index in [1.54, 1.807) is 16.9 Å². The summed E-state index contributed by atoms with van der Waals surface area (Å²) in [5.41, 5.74) is 4.82. The highest BCUT2D eigenvalue weighted by atomic mass is 16.2. The van der Waals surface area contributed by atoms with E-state index in [0.29, 0.717) is 11.0 Å². The summed E-state index contributed by atoms with van der Waals surface area (Å²) >= 11 is 0. The first kappa shape index (κ1) is 15.8. The first-order chi connectivity index (χ1) is 13.6.